The van der Waals surface area contributed by atoms with E-state index in [9.17, 15) is 34.5 Å². The zero-order valence-electron chi connectivity index (χ0n) is 20.8. The van der Waals surface area contributed by atoms with Gasteiger partial charge < -0.3 is 47.7 Å². The highest BCUT2D eigenvalue weighted by atomic mass is 16.4. The summed E-state index contributed by atoms with van der Waals surface area (Å²) in [6, 6.07) is 0.854. The first-order chi connectivity index (χ1) is 18.1. The van der Waals surface area contributed by atoms with E-state index in [1.54, 1.807) is 0 Å². The van der Waals surface area contributed by atoms with E-state index >= 15 is 0 Å². The number of hydrogen-bond donors (Lipinski definition) is 9. The van der Waals surface area contributed by atoms with Gasteiger partial charge in [0.2, 0.25) is 17.7 Å². The molecule has 0 saturated carbocycles. The van der Waals surface area contributed by atoms with Gasteiger partial charge in [0.05, 0.1) is 19.0 Å². The van der Waals surface area contributed by atoms with Crippen molar-refractivity contribution in [2.24, 2.45) is 11.5 Å². The van der Waals surface area contributed by atoms with Gasteiger partial charge in [0.25, 0.3) is 0 Å². The number of amides is 3. The summed E-state index contributed by atoms with van der Waals surface area (Å²) >= 11 is 0. The molecule has 14 heteroatoms. The van der Waals surface area contributed by atoms with E-state index < -0.39 is 54.5 Å². The number of rotatable bonds is 16. The van der Waals surface area contributed by atoms with Gasteiger partial charge in [0, 0.05) is 24.7 Å². The van der Waals surface area contributed by atoms with E-state index in [0.29, 0.717) is 37.1 Å². The topological polar surface area (TPSA) is 246 Å². The van der Waals surface area contributed by atoms with Gasteiger partial charge in [-0.3, -0.25) is 14.4 Å². The Balaban J connectivity index is 2.07. The molecule has 38 heavy (non-hydrogen) atoms. The summed E-state index contributed by atoms with van der Waals surface area (Å²) in [5, 5.41) is 35.9. The van der Waals surface area contributed by atoms with Crippen molar-refractivity contribution in [2.75, 3.05) is 13.2 Å². The summed E-state index contributed by atoms with van der Waals surface area (Å²) in [5.41, 5.74) is 12.4. The lowest BCUT2D eigenvalue weighted by atomic mass is 10.0. The van der Waals surface area contributed by atoms with Crippen molar-refractivity contribution in [2.45, 2.75) is 56.3 Å². The van der Waals surface area contributed by atoms with Crippen molar-refractivity contribution in [3.8, 4) is 5.75 Å². The molecule has 0 aliphatic rings. The Morgan fingerprint density at radius 3 is 2.13 bits per heavy atom. The number of carboxylic acids is 1. The molecular weight excluding hydrogens is 498 g/mol. The van der Waals surface area contributed by atoms with Crippen molar-refractivity contribution < 1.29 is 34.5 Å². The Labute approximate surface area is 219 Å². The molecule has 1 aromatic carbocycles. The molecule has 208 valence electrons. The molecule has 0 saturated heterocycles. The molecule has 0 aliphatic carbocycles. The van der Waals surface area contributed by atoms with Crippen LogP contribution in [0.25, 0.3) is 0 Å². The van der Waals surface area contributed by atoms with E-state index in [0.717, 1.165) is 0 Å². The second-order valence-electron chi connectivity index (χ2n) is 8.75. The second kappa shape index (κ2) is 15.3. The van der Waals surface area contributed by atoms with E-state index in [2.05, 4.69) is 25.9 Å². The minimum atomic E-state index is -1.50. The molecule has 4 unspecified atom stereocenters. The number of aliphatic carboxylic acids is 1. The minimum Gasteiger partial charge on any atom is -0.508 e. The molecule has 1 aromatic heterocycles. The maximum absolute atomic E-state index is 13.1. The standard InChI is InChI=1S/C24H35N7O7/c25-8-2-1-3-17(26)21(34)29-18(10-15-11-27-13-28-15)22(35)31-20(12-32)23(36)30-19(24(37)38)9-14-4-6-16(33)7-5-14/h4-7,11,13,17-20,32-33H,1-3,8-10,12,25-26H2,(H,27,28)(H,29,34)(H,30,36)(H,31,35)(H,37,38). The van der Waals surface area contributed by atoms with E-state index in [-0.39, 0.29) is 18.6 Å². The summed E-state index contributed by atoms with van der Waals surface area (Å²) in [6.07, 6.45) is 4.43. The molecule has 4 atom stereocenters. The number of phenolic OH excluding ortho intramolecular Hbond substituents is 1. The van der Waals surface area contributed by atoms with Gasteiger partial charge >= 0.3 is 5.97 Å². The van der Waals surface area contributed by atoms with Crippen LogP contribution in [-0.4, -0.2) is 86.3 Å². The fourth-order valence-corrected chi connectivity index (χ4v) is 3.55. The molecule has 3 amide bonds. The number of benzene rings is 1. The summed E-state index contributed by atoms with van der Waals surface area (Å²) < 4.78 is 0. The van der Waals surface area contributed by atoms with Gasteiger partial charge in [-0.2, -0.15) is 0 Å². The van der Waals surface area contributed by atoms with Crippen molar-refractivity contribution in [3.63, 3.8) is 0 Å². The number of nitrogens with two attached hydrogens (primary N) is 2. The number of carboxylic acid groups (broad SMARTS) is 1. The second-order valence-corrected chi connectivity index (χ2v) is 8.75. The normalized spacial score (nSPS) is 14.1. The average Bonchev–Trinajstić information content (AvgIpc) is 3.40. The van der Waals surface area contributed by atoms with Crippen molar-refractivity contribution in [1.29, 1.82) is 0 Å². The van der Waals surface area contributed by atoms with Crippen LogP contribution in [0.2, 0.25) is 0 Å². The summed E-state index contributed by atoms with van der Waals surface area (Å²) in [7, 11) is 0. The Morgan fingerprint density at radius 1 is 0.921 bits per heavy atom. The number of aliphatic hydroxyl groups is 1. The Kier molecular flexibility index (Phi) is 12.2. The number of H-pyrrole nitrogens is 1. The zero-order chi connectivity index (χ0) is 28.1. The number of aromatic hydroxyl groups is 1. The number of imidazole rings is 1. The number of aliphatic hydroxyl groups excluding tert-OH is 1. The van der Waals surface area contributed by atoms with Gasteiger partial charge in [-0.25, -0.2) is 9.78 Å². The van der Waals surface area contributed by atoms with E-state index in [1.807, 2.05) is 0 Å². The number of phenols is 1. The van der Waals surface area contributed by atoms with Crippen LogP contribution in [0.15, 0.2) is 36.8 Å². The Hall–Kier alpha value is -4.01. The molecule has 14 nitrogen and oxygen atoms in total. The van der Waals surface area contributed by atoms with Gasteiger partial charge in [-0.05, 0) is 37.1 Å². The van der Waals surface area contributed by atoms with E-state index in [1.165, 1.54) is 36.8 Å². The first kappa shape index (κ1) is 30.2. The molecule has 0 bridgehead atoms. The molecule has 0 radical (unpaired) electrons. The third kappa shape index (κ3) is 9.80. The number of unbranched alkanes of at least 4 members (excludes halogenated alkanes) is 1. The van der Waals surface area contributed by atoms with Crippen LogP contribution >= 0.6 is 0 Å². The third-order valence-corrected chi connectivity index (χ3v) is 5.72. The summed E-state index contributed by atoms with van der Waals surface area (Å²) in [5.74, 6) is -3.63. The van der Waals surface area contributed by atoms with Gasteiger partial charge in [-0.15, -0.1) is 0 Å². The van der Waals surface area contributed by atoms with Crippen molar-refractivity contribution >= 4 is 23.7 Å². The van der Waals surface area contributed by atoms with Crippen LogP contribution in [-0.2, 0) is 32.0 Å². The Bertz CT molecular complexity index is 1050. The molecule has 0 fully saturated rings. The van der Waals surface area contributed by atoms with E-state index in [4.69, 9.17) is 11.5 Å². The quantitative estimate of drug-likeness (QED) is 0.106. The maximum atomic E-state index is 13.1. The first-order valence-corrected chi connectivity index (χ1v) is 12.1. The fourth-order valence-electron chi connectivity index (χ4n) is 3.55. The fraction of sp³-hybridized carbons (Fsp3) is 0.458. The van der Waals surface area contributed by atoms with Gasteiger partial charge in [-0.1, -0.05) is 18.6 Å². The van der Waals surface area contributed by atoms with Crippen LogP contribution in [0.5, 0.6) is 5.75 Å². The maximum Gasteiger partial charge on any atom is 0.326 e. The number of aromatic nitrogens is 2. The lowest BCUT2D eigenvalue weighted by Crippen LogP contribution is -2.58. The molecule has 1 heterocycles. The number of carbonyl (C=O) groups excluding carboxylic acids is 3. The molecule has 2 rings (SSSR count). The van der Waals surface area contributed by atoms with Crippen LogP contribution in [0.3, 0.4) is 0 Å². The number of nitrogens with zero attached hydrogens (tertiary/aromatic N) is 1. The monoisotopic (exact) mass is 533 g/mol. The molecule has 0 aliphatic heterocycles. The van der Waals surface area contributed by atoms with Crippen molar-refractivity contribution in [3.05, 3.63) is 48.0 Å². The van der Waals surface area contributed by atoms with Crippen LogP contribution in [0.4, 0.5) is 0 Å². The van der Waals surface area contributed by atoms with Gasteiger partial charge in [0.1, 0.15) is 23.9 Å². The highest BCUT2D eigenvalue weighted by molar-refractivity contribution is 5.94. The lowest BCUT2D eigenvalue weighted by molar-refractivity contribution is -0.142. The smallest absolute Gasteiger partial charge is 0.326 e. The summed E-state index contributed by atoms with van der Waals surface area (Å²) in [6.45, 7) is -0.367. The number of nitrogens with one attached hydrogen (secondary N) is 4. The van der Waals surface area contributed by atoms with Crippen LogP contribution in [0.1, 0.15) is 30.5 Å². The number of aromatic amines is 1. The lowest BCUT2D eigenvalue weighted by Gasteiger charge is -2.24. The molecule has 11 N–H and O–H groups in total. The summed E-state index contributed by atoms with van der Waals surface area (Å²) in [4.78, 5) is 56.8. The zero-order valence-corrected chi connectivity index (χ0v) is 20.8. The SMILES string of the molecule is NCCCCC(N)C(=O)NC(Cc1cnc[nH]1)C(=O)NC(CO)C(=O)NC(Cc1ccc(O)cc1)C(=O)O. The number of hydrogen-bond acceptors (Lipinski definition) is 9. The number of carbonyl (C=O) groups is 4. The highest BCUT2D eigenvalue weighted by Crippen LogP contribution is 2.12. The highest BCUT2D eigenvalue weighted by Gasteiger charge is 2.30. The minimum absolute atomic E-state index is 0.000933. The predicted octanol–water partition coefficient (Wildman–Crippen LogP) is -2.11. The Morgan fingerprint density at radius 2 is 1.55 bits per heavy atom. The largest absolute Gasteiger partial charge is 0.508 e. The molecular formula is C24H35N7O7. The average molecular weight is 534 g/mol. The van der Waals surface area contributed by atoms with Crippen LogP contribution in [0, 0.1) is 0 Å². The first-order valence-electron chi connectivity index (χ1n) is 12.1. The third-order valence-electron chi connectivity index (χ3n) is 5.72. The molecule has 2 aromatic rings. The van der Waals surface area contributed by atoms with Crippen molar-refractivity contribution in [1.82, 2.24) is 25.9 Å². The molecule has 0 spiro atoms. The van der Waals surface area contributed by atoms with Gasteiger partial charge in [0.15, 0.2) is 0 Å². The predicted molar refractivity (Wildman–Crippen MR) is 135 cm³/mol. The van der Waals surface area contributed by atoms with Crippen LogP contribution < -0.4 is 27.4 Å².